The number of carbonyl (C=O) groups is 1. The Morgan fingerprint density at radius 1 is 1.32 bits per heavy atom. The van der Waals surface area contributed by atoms with Gasteiger partial charge in [0.1, 0.15) is 6.54 Å². The Hall–Kier alpha value is -1.23. The van der Waals surface area contributed by atoms with E-state index in [2.05, 4.69) is 0 Å². The average Bonchev–Trinajstić information content (AvgIpc) is 2.33. The minimum absolute atomic E-state index is 0.0215. The minimum Gasteiger partial charge on any atom is -0.334 e. The van der Waals surface area contributed by atoms with Crippen LogP contribution in [0.4, 0.5) is 13.2 Å². The molecule has 0 saturated carbocycles. The molecule has 0 aliphatic carbocycles. The van der Waals surface area contributed by atoms with Crippen LogP contribution >= 0.6 is 11.6 Å². The van der Waals surface area contributed by atoms with Crippen LogP contribution < -0.4 is 0 Å². The van der Waals surface area contributed by atoms with Crippen molar-refractivity contribution in [3.05, 3.63) is 34.9 Å². The molecular weight excluding hydrogens is 279 g/mol. The molecule has 106 valence electrons. The van der Waals surface area contributed by atoms with E-state index in [1.54, 1.807) is 24.3 Å². The number of amides is 1. The molecule has 2 nitrogen and oxygen atoms in total. The van der Waals surface area contributed by atoms with Gasteiger partial charge >= 0.3 is 6.18 Å². The Kier molecular flexibility index (Phi) is 5.66. The zero-order valence-electron chi connectivity index (χ0n) is 10.5. The summed E-state index contributed by atoms with van der Waals surface area (Å²) in [6.45, 7) is 0.366. The van der Waals surface area contributed by atoms with Gasteiger partial charge in [0, 0.05) is 18.0 Å². The molecule has 0 saturated heterocycles. The molecule has 0 fully saturated rings. The topological polar surface area (TPSA) is 20.3 Å². The molecule has 0 aliphatic rings. The normalized spacial score (nSPS) is 11.4. The fraction of sp³-hybridized carbons (Fsp3) is 0.462. The summed E-state index contributed by atoms with van der Waals surface area (Å²) >= 11 is 5.92. The number of nitrogens with zero attached hydrogens (tertiary/aromatic N) is 1. The summed E-state index contributed by atoms with van der Waals surface area (Å²) in [5, 5.41) is 0.522. The van der Waals surface area contributed by atoms with E-state index in [9.17, 15) is 18.0 Å². The molecule has 6 heteroatoms. The number of hydrogen-bond acceptors (Lipinski definition) is 1. The number of hydrogen-bond donors (Lipinski definition) is 0. The van der Waals surface area contributed by atoms with Crippen molar-refractivity contribution in [1.29, 1.82) is 0 Å². The van der Waals surface area contributed by atoms with Crippen molar-refractivity contribution in [2.45, 2.75) is 25.9 Å². The molecule has 1 aromatic carbocycles. The van der Waals surface area contributed by atoms with Gasteiger partial charge in [-0.3, -0.25) is 4.79 Å². The first-order chi connectivity index (χ1) is 8.83. The Bertz CT molecular complexity index is 434. The smallest absolute Gasteiger partial charge is 0.334 e. The number of aryl methyl sites for hydroxylation is 1. The molecule has 0 N–H and O–H groups in total. The number of carbonyl (C=O) groups excluding carboxylic acids is 1. The number of benzene rings is 1. The highest BCUT2D eigenvalue weighted by Crippen LogP contribution is 2.19. The van der Waals surface area contributed by atoms with E-state index >= 15 is 0 Å². The summed E-state index contributed by atoms with van der Waals surface area (Å²) in [6, 6.07) is 6.99. The third kappa shape index (κ3) is 5.51. The van der Waals surface area contributed by atoms with Gasteiger partial charge in [-0.25, -0.2) is 0 Å². The molecule has 0 spiro atoms. The van der Waals surface area contributed by atoms with Gasteiger partial charge in [-0.05, 0) is 25.0 Å². The van der Waals surface area contributed by atoms with E-state index < -0.39 is 18.6 Å². The van der Waals surface area contributed by atoms with Crippen LogP contribution in [0.25, 0.3) is 0 Å². The van der Waals surface area contributed by atoms with Crippen molar-refractivity contribution in [1.82, 2.24) is 4.90 Å². The van der Waals surface area contributed by atoms with Crippen molar-refractivity contribution >= 4 is 17.5 Å². The monoisotopic (exact) mass is 293 g/mol. The van der Waals surface area contributed by atoms with Crippen LogP contribution in [0.15, 0.2) is 24.3 Å². The first kappa shape index (κ1) is 15.8. The van der Waals surface area contributed by atoms with Crippen molar-refractivity contribution in [2.75, 3.05) is 13.1 Å². The van der Waals surface area contributed by atoms with E-state index in [1.165, 1.54) is 6.92 Å². The number of rotatable bonds is 5. The lowest BCUT2D eigenvalue weighted by Gasteiger charge is -2.22. The van der Waals surface area contributed by atoms with Crippen LogP contribution in [0, 0.1) is 0 Å². The molecule has 0 aromatic heterocycles. The van der Waals surface area contributed by atoms with Crippen molar-refractivity contribution < 1.29 is 18.0 Å². The Morgan fingerprint density at radius 2 is 1.95 bits per heavy atom. The van der Waals surface area contributed by atoms with Gasteiger partial charge < -0.3 is 4.90 Å². The highest BCUT2D eigenvalue weighted by molar-refractivity contribution is 6.31. The largest absolute Gasteiger partial charge is 0.406 e. The van der Waals surface area contributed by atoms with Crippen LogP contribution in [-0.4, -0.2) is 30.1 Å². The van der Waals surface area contributed by atoms with E-state index in [1.807, 2.05) is 0 Å². The van der Waals surface area contributed by atoms with E-state index in [-0.39, 0.29) is 13.0 Å². The molecule has 0 radical (unpaired) electrons. The fourth-order valence-corrected chi connectivity index (χ4v) is 1.92. The summed E-state index contributed by atoms with van der Waals surface area (Å²) in [7, 11) is 0. The summed E-state index contributed by atoms with van der Waals surface area (Å²) in [5.74, 6) is -0.514. The lowest BCUT2D eigenvalue weighted by Crippen LogP contribution is -2.38. The second-order valence-electron chi connectivity index (χ2n) is 4.11. The Balaban J connectivity index is 2.57. The zero-order valence-corrected chi connectivity index (χ0v) is 11.3. The lowest BCUT2D eigenvalue weighted by atomic mass is 10.1. The van der Waals surface area contributed by atoms with E-state index in [4.69, 9.17) is 11.6 Å². The van der Waals surface area contributed by atoms with Crippen LogP contribution in [0.1, 0.15) is 18.9 Å². The van der Waals surface area contributed by atoms with Crippen LogP contribution in [-0.2, 0) is 11.2 Å². The van der Waals surface area contributed by atoms with Gasteiger partial charge in [0.25, 0.3) is 0 Å². The maximum atomic E-state index is 12.3. The van der Waals surface area contributed by atoms with E-state index in [0.717, 1.165) is 10.5 Å². The highest BCUT2D eigenvalue weighted by atomic mass is 35.5. The maximum absolute atomic E-state index is 12.3. The predicted octanol–water partition coefficient (Wildman–Crippen LogP) is 3.68. The number of halogens is 4. The second-order valence-corrected chi connectivity index (χ2v) is 4.52. The highest BCUT2D eigenvalue weighted by Gasteiger charge is 2.32. The molecule has 0 aliphatic heterocycles. The zero-order chi connectivity index (χ0) is 14.5. The third-order valence-corrected chi connectivity index (χ3v) is 3.04. The summed E-state index contributed by atoms with van der Waals surface area (Å²) in [4.78, 5) is 12.5. The number of alkyl halides is 3. The predicted molar refractivity (Wildman–Crippen MR) is 68.1 cm³/mol. The summed E-state index contributed by atoms with van der Waals surface area (Å²) < 4.78 is 36.8. The minimum atomic E-state index is -4.37. The maximum Gasteiger partial charge on any atom is 0.406 e. The molecule has 0 bridgehead atoms. The first-order valence-corrected chi connectivity index (χ1v) is 6.29. The van der Waals surface area contributed by atoms with Gasteiger partial charge in [-0.2, -0.15) is 13.2 Å². The van der Waals surface area contributed by atoms with Gasteiger partial charge in [-0.1, -0.05) is 29.8 Å². The van der Waals surface area contributed by atoms with Crippen LogP contribution in [0.3, 0.4) is 0 Å². The molecular formula is C13H15ClF3NO. The Labute approximate surface area is 115 Å². The summed E-state index contributed by atoms with van der Waals surface area (Å²) in [6.07, 6.45) is -4.00. The molecule has 19 heavy (non-hydrogen) atoms. The SMILES string of the molecule is CCN(CC(F)(F)F)C(=O)CCc1ccccc1Cl. The van der Waals surface area contributed by atoms with Crippen LogP contribution in [0.2, 0.25) is 5.02 Å². The van der Waals surface area contributed by atoms with Crippen LogP contribution in [0.5, 0.6) is 0 Å². The van der Waals surface area contributed by atoms with Crippen molar-refractivity contribution in [3.63, 3.8) is 0 Å². The van der Waals surface area contributed by atoms with Gasteiger partial charge in [0.05, 0.1) is 0 Å². The summed E-state index contributed by atoms with van der Waals surface area (Å²) in [5.41, 5.74) is 0.764. The molecule has 0 unspecified atom stereocenters. The van der Waals surface area contributed by atoms with E-state index in [0.29, 0.717) is 11.4 Å². The third-order valence-electron chi connectivity index (χ3n) is 2.67. The second kappa shape index (κ2) is 6.80. The van der Waals surface area contributed by atoms with Crippen molar-refractivity contribution in [3.8, 4) is 0 Å². The first-order valence-electron chi connectivity index (χ1n) is 5.91. The Morgan fingerprint density at radius 3 is 2.47 bits per heavy atom. The molecule has 1 rings (SSSR count). The average molecular weight is 294 g/mol. The molecule has 1 aromatic rings. The lowest BCUT2D eigenvalue weighted by molar-refractivity contribution is -0.160. The molecule has 0 heterocycles. The molecule has 1 amide bonds. The standard InChI is InChI=1S/C13H15ClF3NO/c1-2-18(9-13(15,16)17)12(19)8-7-10-5-3-4-6-11(10)14/h3-6H,2,7-9H2,1H3. The quantitative estimate of drug-likeness (QED) is 0.811. The fourth-order valence-electron chi connectivity index (χ4n) is 1.69. The molecule has 0 atom stereocenters. The van der Waals surface area contributed by atoms with Gasteiger partial charge in [0.2, 0.25) is 5.91 Å². The van der Waals surface area contributed by atoms with Gasteiger partial charge in [-0.15, -0.1) is 0 Å². The van der Waals surface area contributed by atoms with Crippen molar-refractivity contribution in [2.24, 2.45) is 0 Å². The van der Waals surface area contributed by atoms with Gasteiger partial charge in [0.15, 0.2) is 0 Å².